The molecule has 0 fully saturated rings. The van der Waals surface area contributed by atoms with Crippen molar-refractivity contribution in [1.82, 2.24) is 0 Å². The van der Waals surface area contributed by atoms with Crippen LogP contribution in [0.2, 0.25) is 0 Å². The van der Waals surface area contributed by atoms with E-state index in [-0.39, 0.29) is 0 Å². The first-order chi connectivity index (χ1) is 4.20. The average molecular weight is 122 g/mol. The molecule has 0 aliphatic heterocycles. The molecule has 0 bridgehead atoms. The lowest BCUT2D eigenvalue weighted by atomic mass is 9.87. The van der Waals surface area contributed by atoms with Crippen molar-refractivity contribution in [3.63, 3.8) is 0 Å². The SMILES string of the molecule is C=C1CC=C(C)CC1C. The van der Waals surface area contributed by atoms with Gasteiger partial charge in [0.2, 0.25) is 0 Å². The van der Waals surface area contributed by atoms with Gasteiger partial charge in [0.15, 0.2) is 0 Å². The van der Waals surface area contributed by atoms with Crippen molar-refractivity contribution in [3.05, 3.63) is 23.8 Å². The molecule has 50 valence electrons. The molecule has 0 aromatic carbocycles. The smallest absolute Gasteiger partial charge is 0.0136 e. The number of rotatable bonds is 0. The van der Waals surface area contributed by atoms with E-state index >= 15 is 0 Å². The van der Waals surface area contributed by atoms with Gasteiger partial charge in [-0.15, -0.1) is 0 Å². The summed E-state index contributed by atoms with van der Waals surface area (Å²) in [6.45, 7) is 8.43. The molecule has 0 heteroatoms. The monoisotopic (exact) mass is 122 g/mol. The minimum atomic E-state index is 0.718. The molecule has 0 saturated carbocycles. The summed E-state index contributed by atoms with van der Waals surface area (Å²) < 4.78 is 0. The van der Waals surface area contributed by atoms with Crippen LogP contribution in [0.1, 0.15) is 26.7 Å². The molecule has 0 spiro atoms. The van der Waals surface area contributed by atoms with Crippen LogP contribution < -0.4 is 0 Å². The summed E-state index contributed by atoms with van der Waals surface area (Å²) in [4.78, 5) is 0. The van der Waals surface area contributed by atoms with Gasteiger partial charge >= 0.3 is 0 Å². The van der Waals surface area contributed by atoms with Crippen LogP contribution in [0.15, 0.2) is 23.8 Å². The van der Waals surface area contributed by atoms with E-state index < -0.39 is 0 Å². The lowest BCUT2D eigenvalue weighted by Gasteiger charge is -2.18. The van der Waals surface area contributed by atoms with Gasteiger partial charge in [0.1, 0.15) is 0 Å². The molecule has 1 rings (SSSR count). The Hall–Kier alpha value is -0.520. The molecule has 1 unspecified atom stereocenters. The van der Waals surface area contributed by atoms with Crippen molar-refractivity contribution in [1.29, 1.82) is 0 Å². The molecule has 1 aliphatic carbocycles. The Morgan fingerprint density at radius 1 is 1.67 bits per heavy atom. The zero-order valence-corrected chi connectivity index (χ0v) is 6.28. The molecule has 9 heavy (non-hydrogen) atoms. The van der Waals surface area contributed by atoms with E-state index in [2.05, 4.69) is 26.5 Å². The van der Waals surface area contributed by atoms with Crippen LogP contribution in [-0.4, -0.2) is 0 Å². The standard InChI is InChI=1S/C9H14/c1-7-4-5-8(2)9(3)6-7/h4,9H,2,5-6H2,1,3H3. The van der Waals surface area contributed by atoms with E-state index in [4.69, 9.17) is 0 Å². The highest BCUT2D eigenvalue weighted by atomic mass is 14.2. The maximum absolute atomic E-state index is 3.99. The highest BCUT2D eigenvalue weighted by molar-refractivity contribution is 5.17. The maximum Gasteiger partial charge on any atom is -0.0136 e. The molecule has 0 amide bonds. The largest absolute Gasteiger partial charge is 0.0993 e. The Morgan fingerprint density at radius 2 is 2.33 bits per heavy atom. The summed E-state index contributed by atoms with van der Waals surface area (Å²) in [6, 6.07) is 0. The predicted octanol–water partition coefficient (Wildman–Crippen LogP) is 2.92. The summed E-state index contributed by atoms with van der Waals surface area (Å²) >= 11 is 0. The Morgan fingerprint density at radius 3 is 2.78 bits per heavy atom. The Labute approximate surface area is 57.3 Å². The van der Waals surface area contributed by atoms with E-state index in [9.17, 15) is 0 Å². The van der Waals surface area contributed by atoms with Crippen molar-refractivity contribution >= 4 is 0 Å². The highest BCUT2D eigenvalue weighted by Gasteiger charge is 2.10. The molecule has 0 N–H and O–H groups in total. The van der Waals surface area contributed by atoms with Gasteiger partial charge in [0.05, 0.1) is 0 Å². The van der Waals surface area contributed by atoms with Crippen LogP contribution in [0, 0.1) is 5.92 Å². The fourth-order valence-corrected chi connectivity index (χ4v) is 1.22. The average Bonchev–Trinajstić information content (AvgIpc) is 1.80. The first-order valence-corrected chi connectivity index (χ1v) is 3.53. The Bertz CT molecular complexity index is 151. The predicted molar refractivity (Wildman–Crippen MR) is 41.3 cm³/mol. The van der Waals surface area contributed by atoms with Crippen LogP contribution in [0.5, 0.6) is 0 Å². The molecule has 0 saturated heterocycles. The van der Waals surface area contributed by atoms with Crippen LogP contribution in [0.4, 0.5) is 0 Å². The van der Waals surface area contributed by atoms with E-state index in [1.54, 1.807) is 0 Å². The van der Waals surface area contributed by atoms with E-state index in [1.165, 1.54) is 17.6 Å². The molecular formula is C9H14. The molecule has 0 aromatic heterocycles. The highest BCUT2D eigenvalue weighted by Crippen LogP contribution is 2.26. The van der Waals surface area contributed by atoms with Crippen LogP contribution in [-0.2, 0) is 0 Å². The maximum atomic E-state index is 3.99. The van der Waals surface area contributed by atoms with Crippen molar-refractivity contribution < 1.29 is 0 Å². The van der Waals surface area contributed by atoms with Gasteiger partial charge < -0.3 is 0 Å². The van der Waals surface area contributed by atoms with Gasteiger partial charge in [0.25, 0.3) is 0 Å². The van der Waals surface area contributed by atoms with Gasteiger partial charge in [0, 0.05) is 0 Å². The quantitative estimate of drug-likeness (QED) is 0.433. The fraction of sp³-hybridized carbons (Fsp3) is 0.556. The summed E-state index contributed by atoms with van der Waals surface area (Å²) in [5.41, 5.74) is 2.91. The molecule has 0 radical (unpaired) electrons. The third-order valence-electron chi connectivity index (χ3n) is 2.04. The van der Waals surface area contributed by atoms with Gasteiger partial charge in [-0.05, 0) is 25.7 Å². The first-order valence-electron chi connectivity index (χ1n) is 3.53. The second-order valence-electron chi connectivity index (χ2n) is 3.02. The van der Waals surface area contributed by atoms with Crippen molar-refractivity contribution in [3.8, 4) is 0 Å². The lowest BCUT2D eigenvalue weighted by Crippen LogP contribution is -2.03. The molecule has 1 atom stereocenters. The normalized spacial score (nSPS) is 28.0. The van der Waals surface area contributed by atoms with Crippen LogP contribution in [0.25, 0.3) is 0 Å². The van der Waals surface area contributed by atoms with E-state index in [0.29, 0.717) is 0 Å². The summed E-state index contributed by atoms with van der Waals surface area (Å²) in [5.74, 6) is 0.718. The molecule has 0 nitrogen and oxygen atoms in total. The second-order valence-corrected chi connectivity index (χ2v) is 3.02. The van der Waals surface area contributed by atoms with Gasteiger partial charge in [-0.25, -0.2) is 0 Å². The van der Waals surface area contributed by atoms with E-state index in [0.717, 1.165) is 12.3 Å². The van der Waals surface area contributed by atoms with Gasteiger partial charge in [-0.2, -0.15) is 0 Å². The summed E-state index contributed by atoms with van der Waals surface area (Å²) in [5, 5.41) is 0. The Kier molecular flexibility index (Phi) is 1.75. The van der Waals surface area contributed by atoms with Crippen molar-refractivity contribution in [2.24, 2.45) is 5.92 Å². The second kappa shape index (κ2) is 2.38. The van der Waals surface area contributed by atoms with Crippen molar-refractivity contribution in [2.45, 2.75) is 26.7 Å². The minimum Gasteiger partial charge on any atom is -0.0993 e. The summed E-state index contributed by atoms with van der Waals surface area (Å²) in [7, 11) is 0. The third kappa shape index (κ3) is 1.44. The number of allylic oxidation sites excluding steroid dienone is 3. The van der Waals surface area contributed by atoms with Gasteiger partial charge in [-0.3, -0.25) is 0 Å². The topological polar surface area (TPSA) is 0 Å². The minimum absolute atomic E-state index is 0.718. The fourth-order valence-electron chi connectivity index (χ4n) is 1.22. The molecule has 0 heterocycles. The van der Waals surface area contributed by atoms with Gasteiger partial charge in [-0.1, -0.05) is 30.7 Å². The molecular weight excluding hydrogens is 108 g/mol. The number of hydrogen-bond donors (Lipinski definition) is 0. The zero-order chi connectivity index (χ0) is 6.85. The van der Waals surface area contributed by atoms with Crippen LogP contribution in [0.3, 0.4) is 0 Å². The molecule has 0 aromatic rings. The molecule has 1 aliphatic rings. The lowest BCUT2D eigenvalue weighted by molar-refractivity contribution is 0.636. The third-order valence-corrected chi connectivity index (χ3v) is 2.04. The first kappa shape index (κ1) is 6.60. The van der Waals surface area contributed by atoms with E-state index in [1.807, 2.05) is 0 Å². The Balaban J connectivity index is 2.65. The van der Waals surface area contributed by atoms with Crippen LogP contribution >= 0.6 is 0 Å². The van der Waals surface area contributed by atoms with Crippen molar-refractivity contribution in [2.75, 3.05) is 0 Å². The number of hydrogen-bond acceptors (Lipinski definition) is 0. The summed E-state index contributed by atoms with van der Waals surface area (Å²) in [6.07, 6.45) is 4.61. The zero-order valence-electron chi connectivity index (χ0n) is 6.28.